The second-order valence-electron chi connectivity index (χ2n) is 10.6. The Hall–Kier alpha value is -4.67. The lowest BCUT2D eigenvalue weighted by atomic mass is 10.1. The minimum absolute atomic E-state index is 0.0575. The van der Waals surface area contributed by atoms with Crippen LogP contribution in [0.4, 0.5) is 13.2 Å². The number of rotatable bonds is 22. The van der Waals surface area contributed by atoms with Crippen molar-refractivity contribution in [3.8, 4) is 5.75 Å². The molecule has 0 aliphatic carbocycles. The Balaban J connectivity index is 2.31. The van der Waals surface area contributed by atoms with Gasteiger partial charge in [0.1, 0.15) is 11.8 Å². The largest absolute Gasteiger partial charge is 0.480 e. The normalized spacial score (nSPS) is 13.0. The number of hydrogen-bond donors (Lipinski definition) is 3. The van der Waals surface area contributed by atoms with E-state index in [1.54, 1.807) is 0 Å². The van der Waals surface area contributed by atoms with E-state index in [-0.39, 0.29) is 31.7 Å². The second-order valence-corrected chi connectivity index (χ2v) is 10.6. The number of carboxylic acid groups (broad SMARTS) is 1. The molecule has 0 aromatic heterocycles. The van der Waals surface area contributed by atoms with Crippen molar-refractivity contribution < 1.29 is 42.2 Å². The van der Waals surface area contributed by atoms with Gasteiger partial charge in [-0.15, -0.1) is 0 Å². The molecule has 0 bridgehead atoms. The highest BCUT2D eigenvalue weighted by atomic mass is 19.4. The van der Waals surface area contributed by atoms with Gasteiger partial charge < -0.3 is 20.5 Å². The Morgan fingerprint density at radius 3 is 1.83 bits per heavy atom. The smallest absolute Gasteiger partial charge is 0.416 e. The first-order valence-corrected chi connectivity index (χ1v) is 16.1. The van der Waals surface area contributed by atoms with Gasteiger partial charge in [-0.25, -0.2) is 4.79 Å². The summed E-state index contributed by atoms with van der Waals surface area (Å²) in [5.74, 6) is -4.19. The molecule has 2 amide bonds. The minimum Gasteiger partial charge on any atom is -0.480 e. The van der Waals surface area contributed by atoms with Crippen molar-refractivity contribution in [1.82, 2.24) is 10.6 Å². The van der Waals surface area contributed by atoms with E-state index in [0.717, 1.165) is 51.5 Å². The van der Waals surface area contributed by atoms with Crippen molar-refractivity contribution in [1.29, 1.82) is 0 Å². The summed E-state index contributed by atoms with van der Waals surface area (Å²) in [7, 11) is 0. The first-order chi connectivity index (χ1) is 23.0. The zero-order valence-electron chi connectivity index (χ0n) is 27.6. The summed E-state index contributed by atoms with van der Waals surface area (Å²) in [4.78, 5) is 47.8. The maximum absolute atomic E-state index is 13.1. The standard InChI is InChI=1S/C37H47F3N2O6/c1-3-4-5-6-7-8-9-10-11-12-13-14-15-16-17-18-19-20-21-24-34(44)41-27-22-23-32(36(46)47)42-35(45)31-26-25-30(37(38,39)40)28-33(31)48-29(2)43/h4-5,7-8,10-11,13-14,16-17,19-20,25-26,28,32H,3,6,9,12,15,18,21-24,27H2,1-2H3,(H,41,44)(H,42,45)(H,46,47). The second kappa shape index (κ2) is 24.5. The van der Waals surface area contributed by atoms with E-state index in [1.807, 2.05) is 12.2 Å². The lowest BCUT2D eigenvalue weighted by Gasteiger charge is -2.17. The highest BCUT2D eigenvalue weighted by molar-refractivity contribution is 5.99. The number of carbonyl (C=O) groups excluding carboxylic acids is 3. The van der Waals surface area contributed by atoms with Gasteiger partial charge in [0.25, 0.3) is 5.91 Å². The van der Waals surface area contributed by atoms with E-state index >= 15 is 0 Å². The summed E-state index contributed by atoms with van der Waals surface area (Å²) in [6, 6.07) is 0.559. The van der Waals surface area contributed by atoms with Crippen molar-refractivity contribution in [3.05, 3.63) is 102 Å². The fourth-order valence-corrected chi connectivity index (χ4v) is 4.10. The van der Waals surface area contributed by atoms with Gasteiger partial charge in [0.15, 0.2) is 0 Å². The van der Waals surface area contributed by atoms with Crippen LogP contribution in [0.5, 0.6) is 5.75 Å². The van der Waals surface area contributed by atoms with Gasteiger partial charge >= 0.3 is 18.1 Å². The number of esters is 1. The van der Waals surface area contributed by atoms with Crippen LogP contribution in [0.2, 0.25) is 0 Å². The molecule has 0 saturated carbocycles. The van der Waals surface area contributed by atoms with Crippen molar-refractivity contribution in [3.63, 3.8) is 0 Å². The maximum atomic E-state index is 13.1. The van der Waals surface area contributed by atoms with E-state index in [1.165, 1.54) is 0 Å². The van der Waals surface area contributed by atoms with E-state index in [4.69, 9.17) is 4.74 Å². The zero-order valence-corrected chi connectivity index (χ0v) is 27.6. The molecule has 262 valence electrons. The van der Waals surface area contributed by atoms with Gasteiger partial charge in [0.05, 0.1) is 11.1 Å². The van der Waals surface area contributed by atoms with Crippen LogP contribution in [0, 0.1) is 0 Å². The molecule has 1 rings (SSSR count). The molecule has 48 heavy (non-hydrogen) atoms. The van der Waals surface area contributed by atoms with Crippen LogP contribution in [0.1, 0.15) is 94.0 Å². The first-order valence-electron chi connectivity index (χ1n) is 16.1. The fraction of sp³-hybridized carbons (Fsp3) is 0.405. The molecular weight excluding hydrogens is 625 g/mol. The van der Waals surface area contributed by atoms with Crippen LogP contribution >= 0.6 is 0 Å². The number of aliphatic carboxylic acids is 1. The number of nitrogens with one attached hydrogen (secondary N) is 2. The number of carbonyl (C=O) groups is 4. The predicted molar refractivity (Wildman–Crippen MR) is 181 cm³/mol. The van der Waals surface area contributed by atoms with E-state index in [2.05, 4.69) is 78.3 Å². The Kier molecular flexibility index (Phi) is 21.1. The number of ether oxygens (including phenoxy) is 1. The number of carboxylic acids is 1. The average Bonchev–Trinajstić information content (AvgIpc) is 3.02. The molecule has 1 aromatic rings. The molecule has 1 aromatic carbocycles. The molecule has 11 heteroatoms. The van der Waals surface area contributed by atoms with Crippen LogP contribution in [-0.2, 0) is 20.6 Å². The highest BCUT2D eigenvalue weighted by Gasteiger charge is 2.32. The highest BCUT2D eigenvalue weighted by Crippen LogP contribution is 2.33. The van der Waals surface area contributed by atoms with Crippen LogP contribution < -0.4 is 15.4 Å². The Labute approximate surface area is 281 Å². The van der Waals surface area contributed by atoms with Crippen molar-refractivity contribution in [2.24, 2.45) is 0 Å². The molecule has 1 atom stereocenters. The van der Waals surface area contributed by atoms with Crippen LogP contribution in [-0.4, -0.2) is 41.4 Å². The van der Waals surface area contributed by atoms with Crippen LogP contribution in [0.15, 0.2) is 91.1 Å². The molecule has 3 N–H and O–H groups in total. The van der Waals surface area contributed by atoms with Gasteiger partial charge in [0.2, 0.25) is 5.91 Å². The molecule has 0 heterocycles. The van der Waals surface area contributed by atoms with Crippen molar-refractivity contribution in [2.45, 2.75) is 90.3 Å². The van der Waals surface area contributed by atoms with Gasteiger partial charge in [-0.2, -0.15) is 13.2 Å². The summed E-state index contributed by atoms with van der Waals surface area (Å²) in [5, 5.41) is 14.4. The average molecular weight is 673 g/mol. The Morgan fingerprint density at radius 1 is 0.833 bits per heavy atom. The van der Waals surface area contributed by atoms with Crippen LogP contribution in [0.3, 0.4) is 0 Å². The SMILES string of the molecule is CCC=CCC=CCC=CCC=CCC=CCC=CCCC(=O)NCCCC(NC(=O)c1ccc(C(F)(F)F)cc1OC(C)=O)C(=O)O. The lowest BCUT2D eigenvalue weighted by Crippen LogP contribution is -2.41. The Morgan fingerprint density at radius 2 is 1.35 bits per heavy atom. The number of amides is 2. The number of benzene rings is 1. The quantitative estimate of drug-likeness (QED) is 0.0494. The third-order valence-electron chi connectivity index (χ3n) is 6.54. The monoisotopic (exact) mass is 672 g/mol. The molecule has 0 aliphatic rings. The summed E-state index contributed by atoms with van der Waals surface area (Å²) in [5.41, 5.74) is -1.56. The van der Waals surface area contributed by atoms with Gasteiger partial charge in [-0.1, -0.05) is 79.8 Å². The number of alkyl halides is 3. The summed E-state index contributed by atoms with van der Waals surface area (Å²) < 4.78 is 43.9. The molecule has 1 unspecified atom stereocenters. The summed E-state index contributed by atoms with van der Waals surface area (Å²) in [6.07, 6.45) is 27.0. The third-order valence-corrected chi connectivity index (χ3v) is 6.54. The molecular formula is C37H47F3N2O6. The number of allylic oxidation sites excluding steroid dienone is 12. The third kappa shape index (κ3) is 19.8. The molecule has 8 nitrogen and oxygen atoms in total. The Bertz CT molecular complexity index is 1340. The fourth-order valence-electron chi connectivity index (χ4n) is 4.10. The summed E-state index contributed by atoms with van der Waals surface area (Å²) in [6.45, 7) is 3.25. The van der Waals surface area contributed by atoms with E-state index in [0.29, 0.717) is 18.6 Å². The van der Waals surface area contributed by atoms with E-state index < -0.39 is 46.9 Å². The van der Waals surface area contributed by atoms with Gasteiger partial charge in [-0.05, 0) is 76.0 Å². The van der Waals surface area contributed by atoms with Gasteiger partial charge in [0, 0.05) is 19.9 Å². The number of halogens is 3. The molecule has 0 saturated heterocycles. The topological polar surface area (TPSA) is 122 Å². The van der Waals surface area contributed by atoms with Crippen molar-refractivity contribution in [2.75, 3.05) is 6.54 Å². The molecule has 0 fully saturated rings. The van der Waals surface area contributed by atoms with Crippen LogP contribution in [0.25, 0.3) is 0 Å². The zero-order chi connectivity index (χ0) is 35.6. The van der Waals surface area contributed by atoms with Gasteiger partial charge in [-0.3, -0.25) is 14.4 Å². The summed E-state index contributed by atoms with van der Waals surface area (Å²) >= 11 is 0. The lowest BCUT2D eigenvalue weighted by molar-refractivity contribution is -0.139. The first kappa shape index (κ1) is 41.4. The van der Waals surface area contributed by atoms with Crippen molar-refractivity contribution >= 4 is 23.8 Å². The molecule has 0 aliphatic heterocycles. The number of hydrogen-bond acceptors (Lipinski definition) is 5. The maximum Gasteiger partial charge on any atom is 0.416 e. The molecule has 0 spiro atoms. The molecule has 0 radical (unpaired) electrons. The minimum atomic E-state index is -4.74. The van der Waals surface area contributed by atoms with E-state index in [9.17, 15) is 37.5 Å². The predicted octanol–water partition coefficient (Wildman–Crippen LogP) is 8.19.